The predicted molar refractivity (Wildman–Crippen MR) is 175 cm³/mol. The van der Waals surface area contributed by atoms with E-state index in [-0.39, 0.29) is 42.4 Å². The Hall–Kier alpha value is -3.41. The van der Waals surface area contributed by atoms with Gasteiger partial charge in [0.05, 0.1) is 18.2 Å². The fourth-order valence-corrected chi connectivity index (χ4v) is 7.00. The molecule has 2 aromatic rings. The van der Waals surface area contributed by atoms with Gasteiger partial charge in [-0.1, -0.05) is 57.5 Å². The number of benzene rings is 2. The van der Waals surface area contributed by atoms with Crippen molar-refractivity contribution in [3.8, 4) is 0 Å². The van der Waals surface area contributed by atoms with Gasteiger partial charge in [0.1, 0.15) is 23.2 Å². The van der Waals surface area contributed by atoms with Gasteiger partial charge in [0, 0.05) is 38.7 Å². The zero-order valence-electron chi connectivity index (χ0n) is 27.9. The Morgan fingerprint density at radius 1 is 1.13 bits per heavy atom. The van der Waals surface area contributed by atoms with Gasteiger partial charge in [0.2, 0.25) is 17.7 Å². The summed E-state index contributed by atoms with van der Waals surface area (Å²) in [6.45, 7) is 8.66. The predicted octanol–water partition coefficient (Wildman–Crippen LogP) is 3.66. The summed E-state index contributed by atoms with van der Waals surface area (Å²) in [7, 11) is 0. The second kappa shape index (κ2) is 16.6. The Kier molecular flexibility index (Phi) is 12.9. The van der Waals surface area contributed by atoms with Gasteiger partial charge in [-0.15, -0.1) is 0 Å². The zero-order chi connectivity index (χ0) is 34.1. The van der Waals surface area contributed by atoms with Crippen molar-refractivity contribution in [2.45, 2.75) is 109 Å². The van der Waals surface area contributed by atoms with Gasteiger partial charge in [-0.3, -0.25) is 14.4 Å². The topological polar surface area (TPSA) is 120 Å². The molecule has 4 rings (SSSR count). The van der Waals surface area contributed by atoms with Crippen LogP contribution in [-0.4, -0.2) is 83.3 Å². The molecule has 2 heterocycles. The molecular weight excluding hydrogens is 606 g/mol. The molecule has 9 nitrogen and oxygen atoms in total. The second-order valence-electron chi connectivity index (χ2n) is 13.1. The van der Waals surface area contributed by atoms with E-state index in [4.69, 9.17) is 4.74 Å². The maximum Gasteiger partial charge on any atom is 0.249 e. The molecule has 0 saturated carbocycles. The quantitative estimate of drug-likeness (QED) is 0.219. The number of rotatable bonds is 16. The lowest BCUT2D eigenvalue weighted by Crippen LogP contribution is -2.61. The lowest BCUT2D eigenvalue weighted by molar-refractivity contribution is -0.144. The van der Waals surface area contributed by atoms with Gasteiger partial charge >= 0.3 is 0 Å². The van der Waals surface area contributed by atoms with E-state index in [0.717, 1.165) is 18.1 Å². The molecule has 1 unspecified atom stereocenters. The van der Waals surface area contributed by atoms with Crippen LogP contribution in [0.1, 0.15) is 70.9 Å². The number of halogens is 2. The van der Waals surface area contributed by atoms with E-state index in [2.05, 4.69) is 16.0 Å². The Labute approximate surface area is 276 Å². The fourth-order valence-electron chi connectivity index (χ4n) is 7.00. The number of ether oxygens (including phenoxy) is 1. The van der Waals surface area contributed by atoms with Crippen LogP contribution in [0.15, 0.2) is 48.5 Å². The first kappa shape index (κ1) is 36.4. The standard InChI is InChI=1S/C36H50F2N4O5/c1-5-16-47-29-21-30(39-22-29)33(44)31(19-26-17-27(37)20-28(38)18-26)40-34(45)32(13-12-25-10-8-7-9-11-25)42-15-14-36(35(42)46,23(3)6-2)41-24(4)43/h7-11,17-18,20,23,29-33,39,44H,5-6,12-16,19,21-22H2,1-4H3,(H,40,45)(H,41,43)/t23?,29-,30-,31+,32+,33-,36+/m1/s1. The zero-order valence-corrected chi connectivity index (χ0v) is 27.9. The number of carbonyl (C=O) groups is 3. The van der Waals surface area contributed by atoms with Gasteiger partial charge in [0.15, 0.2) is 0 Å². The summed E-state index contributed by atoms with van der Waals surface area (Å²) in [6.07, 6.45) is 1.89. The third-order valence-electron chi connectivity index (χ3n) is 9.68. The van der Waals surface area contributed by atoms with Gasteiger partial charge < -0.3 is 30.7 Å². The van der Waals surface area contributed by atoms with Crippen molar-refractivity contribution in [1.82, 2.24) is 20.9 Å². The molecule has 2 aliphatic heterocycles. The molecule has 0 aliphatic carbocycles. The largest absolute Gasteiger partial charge is 0.389 e. The van der Waals surface area contributed by atoms with Crippen molar-refractivity contribution < 1.29 is 33.0 Å². The molecular formula is C36H50F2N4O5. The van der Waals surface area contributed by atoms with E-state index >= 15 is 0 Å². The Bertz CT molecular complexity index is 1340. The van der Waals surface area contributed by atoms with Crippen LogP contribution in [0.25, 0.3) is 0 Å². The number of likely N-dealkylation sites (tertiary alicyclic amines) is 1. The fraction of sp³-hybridized carbons (Fsp3) is 0.583. The van der Waals surface area contributed by atoms with Crippen LogP contribution in [0.2, 0.25) is 0 Å². The minimum absolute atomic E-state index is 0.0394. The van der Waals surface area contributed by atoms with Crippen molar-refractivity contribution in [3.05, 3.63) is 71.3 Å². The normalized spacial score (nSPS) is 23.7. The number of hydrogen-bond acceptors (Lipinski definition) is 6. The molecule has 47 heavy (non-hydrogen) atoms. The van der Waals surface area contributed by atoms with E-state index < -0.39 is 47.3 Å². The third kappa shape index (κ3) is 9.15. The number of amides is 3. The molecule has 0 aromatic heterocycles. The van der Waals surface area contributed by atoms with Crippen molar-refractivity contribution >= 4 is 17.7 Å². The highest BCUT2D eigenvalue weighted by molar-refractivity contribution is 5.96. The molecule has 0 radical (unpaired) electrons. The Balaban J connectivity index is 1.63. The highest BCUT2D eigenvalue weighted by Crippen LogP contribution is 2.34. The molecule has 3 amide bonds. The number of aryl methyl sites for hydroxylation is 1. The van der Waals surface area contributed by atoms with E-state index in [0.29, 0.717) is 45.3 Å². The summed E-state index contributed by atoms with van der Waals surface area (Å²) < 4.78 is 34.3. The van der Waals surface area contributed by atoms with Gasteiger partial charge in [-0.05, 0) is 67.7 Å². The lowest BCUT2D eigenvalue weighted by Gasteiger charge is -2.36. The van der Waals surface area contributed by atoms with Crippen LogP contribution < -0.4 is 16.0 Å². The number of aliphatic hydroxyl groups is 1. The molecule has 0 bridgehead atoms. The summed E-state index contributed by atoms with van der Waals surface area (Å²) in [5.41, 5.74) is 0.140. The number of aliphatic hydroxyl groups excluding tert-OH is 1. The molecule has 2 aromatic carbocycles. The SMILES string of the molecule is CCCO[C@H]1CN[C@@H]([C@@H](O)[C@H](Cc2cc(F)cc(F)c2)NC(=O)[C@H](CCc2ccccc2)N2CC[C@](NC(C)=O)(C(C)CC)C2=O)C1. The monoisotopic (exact) mass is 656 g/mol. The van der Waals surface area contributed by atoms with Crippen LogP contribution in [0, 0.1) is 17.6 Å². The average molecular weight is 657 g/mol. The lowest BCUT2D eigenvalue weighted by atomic mass is 9.81. The summed E-state index contributed by atoms with van der Waals surface area (Å²) in [5, 5.41) is 20.8. The highest BCUT2D eigenvalue weighted by atomic mass is 19.1. The van der Waals surface area contributed by atoms with E-state index in [9.17, 15) is 28.3 Å². The molecule has 2 aliphatic rings. The molecule has 4 N–H and O–H groups in total. The molecule has 11 heteroatoms. The molecule has 258 valence electrons. The van der Waals surface area contributed by atoms with Crippen LogP contribution in [0.4, 0.5) is 8.78 Å². The van der Waals surface area contributed by atoms with Crippen molar-refractivity contribution in [3.63, 3.8) is 0 Å². The number of hydrogen-bond donors (Lipinski definition) is 4. The first-order valence-corrected chi connectivity index (χ1v) is 16.9. The molecule has 2 saturated heterocycles. The van der Waals surface area contributed by atoms with E-state index in [1.54, 1.807) is 4.90 Å². The van der Waals surface area contributed by atoms with E-state index in [1.165, 1.54) is 19.1 Å². The maximum absolute atomic E-state index is 14.3. The highest BCUT2D eigenvalue weighted by Gasteiger charge is 2.53. The van der Waals surface area contributed by atoms with Crippen LogP contribution >= 0.6 is 0 Å². The number of carbonyl (C=O) groups excluding carboxylic acids is 3. The van der Waals surface area contributed by atoms with Crippen molar-refractivity contribution in [1.29, 1.82) is 0 Å². The minimum atomic E-state index is -1.13. The van der Waals surface area contributed by atoms with Gasteiger partial charge in [-0.2, -0.15) is 0 Å². The third-order valence-corrected chi connectivity index (χ3v) is 9.68. The van der Waals surface area contributed by atoms with Gasteiger partial charge in [0.25, 0.3) is 0 Å². The first-order chi connectivity index (χ1) is 22.5. The van der Waals surface area contributed by atoms with Crippen LogP contribution in [-0.2, 0) is 32.0 Å². The van der Waals surface area contributed by atoms with Crippen LogP contribution in [0.5, 0.6) is 0 Å². The summed E-state index contributed by atoms with van der Waals surface area (Å²) in [5.74, 6) is -2.79. The second-order valence-corrected chi connectivity index (χ2v) is 13.1. The van der Waals surface area contributed by atoms with Crippen molar-refractivity contribution in [2.75, 3.05) is 19.7 Å². The average Bonchev–Trinajstić information content (AvgIpc) is 3.64. The Morgan fingerprint density at radius 3 is 2.47 bits per heavy atom. The first-order valence-electron chi connectivity index (χ1n) is 16.9. The summed E-state index contributed by atoms with van der Waals surface area (Å²) in [6, 6.07) is 10.5. The van der Waals surface area contributed by atoms with Crippen LogP contribution in [0.3, 0.4) is 0 Å². The number of nitrogens with one attached hydrogen (secondary N) is 3. The minimum Gasteiger partial charge on any atom is -0.389 e. The molecule has 7 atom stereocenters. The summed E-state index contributed by atoms with van der Waals surface area (Å²) in [4.78, 5) is 42.4. The summed E-state index contributed by atoms with van der Waals surface area (Å²) >= 11 is 0. The van der Waals surface area contributed by atoms with Gasteiger partial charge in [-0.25, -0.2) is 8.78 Å². The molecule has 0 spiro atoms. The Morgan fingerprint density at radius 2 is 1.83 bits per heavy atom. The van der Waals surface area contributed by atoms with E-state index in [1.807, 2.05) is 51.1 Å². The smallest absolute Gasteiger partial charge is 0.249 e. The number of nitrogens with zero attached hydrogens (tertiary/aromatic N) is 1. The molecule has 2 fully saturated rings. The maximum atomic E-state index is 14.3. The van der Waals surface area contributed by atoms with Crippen molar-refractivity contribution in [2.24, 2.45) is 5.92 Å².